The Labute approximate surface area is 96.2 Å². The maximum Gasteiger partial charge on any atom is 0.133 e. The summed E-state index contributed by atoms with van der Waals surface area (Å²) in [6, 6.07) is 0.391. The molecule has 0 saturated heterocycles. The minimum Gasteiger partial charge on any atom is -0.488 e. The van der Waals surface area contributed by atoms with Crippen molar-refractivity contribution in [3.05, 3.63) is 36.1 Å². The van der Waals surface area contributed by atoms with E-state index in [2.05, 4.69) is 18.5 Å². The third kappa shape index (κ3) is 4.43. The van der Waals surface area contributed by atoms with Gasteiger partial charge in [-0.05, 0) is 24.5 Å². The fraction of sp³-hybridized carbons (Fsp3) is 0.462. The lowest BCUT2D eigenvalue weighted by Gasteiger charge is -2.14. The molecule has 0 radical (unpaired) electrons. The number of allylic oxidation sites excluding steroid dienone is 2. The zero-order valence-electron chi connectivity index (χ0n) is 9.66. The van der Waals surface area contributed by atoms with Crippen LogP contribution in [-0.4, -0.2) is 25.5 Å². The maximum absolute atomic E-state index is 11.8. The van der Waals surface area contributed by atoms with Crippen LogP contribution in [0.2, 0.25) is 0 Å². The molecule has 0 aromatic heterocycles. The lowest BCUT2D eigenvalue weighted by molar-refractivity contribution is 0.261. The average Bonchev–Trinajstić information content (AvgIpc) is 2.34. The van der Waals surface area contributed by atoms with Gasteiger partial charge in [-0.15, -0.1) is 0 Å². The highest BCUT2D eigenvalue weighted by Gasteiger charge is 2.07. The number of hydrogen-bond acceptors (Lipinski definition) is 2. The SMILES string of the molecule is C=C(/C=C\CF)COC1=CCC(CC)N=C1. The second kappa shape index (κ2) is 6.99. The van der Waals surface area contributed by atoms with Crippen LogP contribution < -0.4 is 0 Å². The van der Waals surface area contributed by atoms with Crippen LogP contribution in [0.3, 0.4) is 0 Å². The molecule has 0 amide bonds. The van der Waals surface area contributed by atoms with Crippen molar-refractivity contribution in [1.82, 2.24) is 0 Å². The number of aliphatic imine (C=N–C) groups is 1. The van der Waals surface area contributed by atoms with Crippen LogP contribution in [0, 0.1) is 0 Å². The molecule has 0 aromatic rings. The number of halogens is 1. The van der Waals surface area contributed by atoms with Gasteiger partial charge in [0.25, 0.3) is 0 Å². The quantitative estimate of drug-likeness (QED) is 0.633. The Hall–Kier alpha value is -1.38. The first kappa shape index (κ1) is 12.7. The summed E-state index contributed by atoms with van der Waals surface area (Å²) in [5.41, 5.74) is 0.754. The molecule has 88 valence electrons. The molecule has 1 unspecified atom stereocenters. The Balaban J connectivity index is 2.29. The monoisotopic (exact) mass is 223 g/mol. The average molecular weight is 223 g/mol. The largest absolute Gasteiger partial charge is 0.488 e. The molecule has 1 aliphatic rings. The van der Waals surface area contributed by atoms with E-state index in [0.717, 1.165) is 24.2 Å². The summed E-state index contributed by atoms with van der Waals surface area (Å²) in [4.78, 5) is 4.34. The van der Waals surface area contributed by atoms with Gasteiger partial charge in [-0.25, -0.2) is 4.39 Å². The van der Waals surface area contributed by atoms with Crippen molar-refractivity contribution in [1.29, 1.82) is 0 Å². The van der Waals surface area contributed by atoms with Crippen LogP contribution in [0.25, 0.3) is 0 Å². The normalized spacial score (nSPS) is 19.9. The molecule has 0 N–H and O–H groups in total. The van der Waals surface area contributed by atoms with Gasteiger partial charge in [0.05, 0.1) is 12.3 Å². The van der Waals surface area contributed by atoms with Crippen LogP contribution in [-0.2, 0) is 4.74 Å². The number of dihydropyridines is 1. The number of ether oxygens (including phenoxy) is 1. The molecule has 0 aliphatic carbocycles. The van der Waals surface area contributed by atoms with Gasteiger partial charge in [0.2, 0.25) is 0 Å². The molecule has 3 heteroatoms. The molecule has 16 heavy (non-hydrogen) atoms. The summed E-state index contributed by atoms with van der Waals surface area (Å²) in [6.07, 6.45) is 8.82. The van der Waals surface area contributed by atoms with Crippen molar-refractivity contribution in [2.75, 3.05) is 13.3 Å². The minimum absolute atomic E-state index is 0.380. The lowest BCUT2D eigenvalue weighted by atomic mass is 10.1. The lowest BCUT2D eigenvalue weighted by Crippen LogP contribution is -2.09. The zero-order valence-corrected chi connectivity index (χ0v) is 9.66. The third-order valence-electron chi connectivity index (χ3n) is 2.34. The summed E-state index contributed by atoms with van der Waals surface area (Å²) in [7, 11) is 0. The van der Waals surface area contributed by atoms with Crippen LogP contribution in [0.4, 0.5) is 4.39 Å². The second-order valence-corrected chi connectivity index (χ2v) is 3.69. The van der Waals surface area contributed by atoms with Gasteiger partial charge in [0, 0.05) is 0 Å². The van der Waals surface area contributed by atoms with E-state index < -0.39 is 6.67 Å². The molecule has 1 aliphatic heterocycles. The Morgan fingerprint density at radius 2 is 2.56 bits per heavy atom. The van der Waals surface area contributed by atoms with Gasteiger partial charge in [0.15, 0.2) is 0 Å². The van der Waals surface area contributed by atoms with E-state index in [0.29, 0.717) is 12.6 Å². The first-order valence-corrected chi connectivity index (χ1v) is 5.52. The first-order chi connectivity index (χ1) is 7.76. The molecule has 1 heterocycles. The molecule has 0 spiro atoms. The molecular formula is C13H18FNO. The highest BCUT2D eigenvalue weighted by atomic mass is 19.1. The molecule has 0 saturated carbocycles. The molecule has 0 fully saturated rings. The van der Waals surface area contributed by atoms with Gasteiger partial charge in [-0.2, -0.15) is 0 Å². The van der Waals surface area contributed by atoms with Crippen LogP contribution in [0.1, 0.15) is 19.8 Å². The van der Waals surface area contributed by atoms with Crippen LogP contribution >= 0.6 is 0 Å². The van der Waals surface area contributed by atoms with Gasteiger partial charge < -0.3 is 4.74 Å². The summed E-state index contributed by atoms with van der Waals surface area (Å²) in [5.74, 6) is 0.777. The number of alkyl halides is 1. The topological polar surface area (TPSA) is 21.6 Å². The smallest absolute Gasteiger partial charge is 0.133 e. The highest BCUT2D eigenvalue weighted by Crippen LogP contribution is 2.12. The molecular weight excluding hydrogens is 205 g/mol. The van der Waals surface area contributed by atoms with Crippen molar-refractivity contribution in [3.63, 3.8) is 0 Å². The fourth-order valence-electron chi connectivity index (χ4n) is 1.35. The standard InChI is InChI=1S/C13H18FNO/c1-3-12-6-7-13(9-15-12)16-10-11(2)5-4-8-14/h4-5,7,9,12H,2-3,6,8,10H2,1H3/b5-4-. The maximum atomic E-state index is 11.8. The van der Waals surface area contributed by atoms with Crippen molar-refractivity contribution in [2.24, 2.45) is 4.99 Å². The Kier molecular flexibility index (Phi) is 5.54. The van der Waals surface area contributed by atoms with Gasteiger partial charge in [0.1, 0.15) is 19.0 Å². The summed E-state index contributed by atoms with van der Waals surface area (Å²) < 4.78 is 17.3. The second-order valence-electron chi connectivity index (χ2n) is 3.69. The summed E-state index contributed by atoms with van der Waals surface area (Å²) in [6.45, 7) is 5.78. The van der Waals surface area contributed by atoms with Crippen LogP contribution in [0.15, 0.2) is 41.1 Å². The Morgan fingerprint density at radius 3 is 3.12 bits per heavy atom. The third-order valence-corrected chi connectivity index (χ3v) is 2.34. The van der Waals surface area contributed by atoms with Gasteiger partial charge >= 0.3 is 0 Å². The minimum atomic E-state index is -0.471. The Bertz CT molecular complexity index is 318. The molecule has 2 nitrogen and oxygen atoms in total. The molecule has 0 bridgehead atoms. The van der Waals surface area contributed by atoms with Gasteiger partial charge in [-0.3, -0.25) is 4.99 Å². The van der Waals surface area contributed by atoms with E-state index >= 15 is 0 Å². The van der Waals surface area contributed by atoms with E-state index in [-0.39, 0.29) is 0 Å². The molecule has 1 atom stereocenters. The molecule has 0 aromatic carbocycles. The number of rotatable bonds is 6. The van der Waals surface area contributed by atoms with Crippen molar-refractivity contribution in [3.8, 4) is 0 Å². The highest BCUT2D eigenvalue weighted by molar-refractivity contribution is 5.77. The predicted molar refractivity (Wildman–Crippen MR) is 65.5 cm³/mol. The number of nitrogens with zero attached hydrogens (tertiary/aromatic N) is 1. The van der Waals surface area contributed by atoms with E-state index in [1.54, 1.807) is 12.3 Å². The van der Waals surface area contributed by atoms with E-state index in [9.17, 15) is 4.39 Å². The fourth-order valence-corrected chi connectivity index (χ4v) is 1.35. The first-order valence-electron chi connectivity index (χ1n) is 5.52. The van der Waals surface area contributed by atoms with E-state index in [4.69, 9.17) is 4.74 Å². The van der Waals surface area contributed by atoms with E-state index in [1.807, 2.05) is 6.08 Å². The van der Waals surface area contributed by atoms with Crippen molar-refractivity contribution in [2.45, 2.75) is 25.8 Å². The molecule has 1 rings (SSSR count). The summed E-state index contributed by atoms with van der Waals surface area (Å²) in [5, 5.41) is 0. The van der Waals surface area contributed by atoms with E-state index in [1.165, 1.54) is 6.08 Å². The van der Waals surface area contributed by atoms with Crippen LogP contribution in [0.5, 0.6) is 0 Å². The van der Waals surface area contributed by atoms with Crippen molar-refractivity contribution < 1.29 is 9.13 Å². The van der Waals surface area contributed by atoms with Crippen molar-refractivity contribution >= 4 is 6.21 Å². The van der Waals surface area contributed by atoms with Gasteiger partial charge in [-0.1, -0.05) is 25.7 Å². The number of hydrogen-bond donors (Lipinski definition) is 0. The Morgan fingerprint density at radius 1 is 1.75 bits per heavy atom. The predicted octanol–water partition coefficient (Wildman–Crippen LogP) is 3.22. The zero-order chi connectivity index (χ0) is 11.8. The summed E-state index contributed by atoms with van der Waals surface area (Å²) >= 11 is 0.